The van der Waals surface area contributed by atoms with Gasteiger partial charge in [-0.1, -0.05) is 0 Å². The van der Waals surface area contributed by atoms with Gasteiger partial charge in [-0.3, -0.25) is 0 Å². The van der Waals surface area contributed by atoms with Crippen molar-refractivity contribution in [3.63, 3.8) is 0 Å². The summed E-state index contributed by atoms with van der Waals surface area (Å²) in [6.07, 6.45) is 1.82. The zero-order chi connectivity index (χ0) is 7.56. The molecule has 1 rings (SSSR count). The van der Waals surface area contributed by atoms with Crippen molar-refractivity contribution in [1.82, 2.24) is 0 Å². The fourth-order valence-electron chi connectivity index (χ4n) is 0.753. The van der Waals surface area contributed by atoms with E-state index >= 15 is 0 Å². The number of aryl methyl sites for hydroxylation is 1. The molecular formula is C8H9BS. The molecule has 0 unspecified atom stereocenters. The number of hydrogen-bond donors (Lipinski definition) is 1. The Balaban J connectivity index is 3.16. The van der Waals surface area contributed by atoms with Gasteiger partial charge in [-0.05, 0) is 0 Å². The average molecular weight is 148 g/mol. The molecule has 1 aromatic rings. The molecule has 0 aliphatic heterocycles. The standard InChI is InChI=1S/C8H9BS/c1-3-7-4-8(10)6(2)9-5-7/h3-5,10H,1H2,2H3. The summed E-state index contributed by atoms with van der Waals surface area (Å²) >= 11 is 4.27. The maximum absolute atomic E-state index is 4.27. The normalized spacial score (nSPS) is 9.00. The van der Waals surface area contributed by atoms with Crippen molar-refractivity contribution in [2.45, 2.75) is 11.8 Å². The van der Waals surface area contributed by atoms with Crippen LogP contribution in [0.1, 0.15) is 11.0 Å². The van der Waals surface area contributed by atoms with Gasteiger partial charge in [0.1, 0.15) is 0 Å². The molecule has 0 spiro atoms. The molecule has 0 bridgehead atoms. The van der Waals surface area contributed by atoms with Gasteiger partial charge in [0.15, 0.2) is 0 Å². The van der Waals surface area contributed by atoms with E-state index in [0.29, 0.717) is 0 Å². The minimum absolute atomic E-state index is 1.03. The Morgan fingerprint density at radius 2 is 2.40 bits per heavy atom. The van der Waals surface area contributed by atoms with Gasteiger partial charge in [-0.2, -0.15) is 0 Å². The molecule has 0 aliphatic rings. The van der Waals surface area contributed by atoms with E-state index in [9.17, 15) is 0 Å². The fourth-order valence-corrected chi connectivity index (χ4v) is 0.977. The van der Waals surface area contributed by atoms with E-state index in [4.69, 9.17) is 0 Å². The van der Waals surface area contributed by atoms with Gasteiger partial charge in [0, 0.05) is 0 Å². The van der Waals surface area contributed by atoms with E-state index in [2.05, 4.69) is 19.2 Å². The topological polar surface area (TPSA) is 0 Å². The number of hydrogen-bond acceptors (Lipinski definition) is 1. The van der Waals surface area contributed by atoms with Crippen LogP contribution in [0.5, 0.6) is 0 Å². The van der Waals surface area contributed by atoms with E-state index in [0.717, 1.165) is 10.5 Å². The zero-order valence-electron chi connectivity index (χ0n) is 5.96. The van der Waals surface area contributed by atoms with E-state index in [-0.39, 0.29) is 0 Å². The molecule has 1 heterocycles. The van der Waals surface area contributed by atoms with Crippen LogP contribution in [-0.4, -0.2) is 6.91 Å². The van der Waals surface area contributed by atoms with E-state index in [1.807, 2.05) is 31.9 Å². The minimum atomic E-state index is 1.03. The zero-order valence-corrected chi connectivity index (χ0v) is 6.86. The quantitative estimate of drug-likeness (QED) is 0.580. The van der Waals surface area contributed by atoms with Crippen LogP contribution >= 0.6 is 12.6 Å². The molecule has 1 aromatic heterocycles. The van der Waals surface area contributed by atoms with Crippen LogP contribution in [-0.2, 0) is 0 Å². The van der Waals surface area contributed by atoms with Crippen LogP contribution in [0.15, 0.2) is 23.5 Å². The van der Waals surface area contributed by atoms with Gasteiger partial charge in [-0.25, -0.2) is 0 Å². The molecule has 0 nitrogen and oxygen atoms in total. The predicted molar refractivity (Wildman–Crippen MR) is 49.9 cm³/mol. The SMILES string of the molecule is C=Cc1cbc(C)c(S)c1. The van der Waals surface area contributed by atoms with Gasteiger partial charge in [0.2, 0.25) is 0 Å². The molecule has 50 valence electrons. The molecule has 10 heavy (non-hydrogen) atoms. The third kappa shape index (κ3) is 1.51. The van der Waals surface area contributed by atoms with Crippen LogP contribution in [0.4, 0.5) is 0 Å². The molecule has 0 aromatic carbocycles. The van der Waals surface area contributed by atoms with Gasteiger partial charge < -0.3 is 0 Å². The summed E-state index contributed by atoms with van der Waals surface area (Å²) in [6.45, 7) is 7.75. The van der Waals surface area contributed by atoms with Crippen LogP contribution in [0.3, 0.4) is 0 Å². The van der Waals surface area contributed by atoms with Crippen LogP contribution in [0.2, 0.25) is 0 Å². The molecule has 0 radical (unpaired) electrons. The van der Waals surface area contributed by atoms with Gasteiger partial charge in [-0.15, -0.1) is 0 Å². The number of rotatable bonds is 1. The fraction of sp³-hybridized carbons (Fsp3) is 0.125. The van der Waals surface area contributed by atoms with Crippen molar-refractivity contribution in [3.05, 3.63) is 29.6 Å². The Bertz CT molecular complexity index is 255. The second-order valence-corrected chi connectivity index (χ2v) is 2.73. The molecule has 0 N–H and O–H groups in total. The maximum atomic E-state index is 4.27. The van der Waals surface area contributed by atoms with Crippen LogP contribution in [0, 0.1) is 6.92 Å². The molecule has 0 saturated carbocycles. The molecule has 2 heteroatoms. The van der Waals surface area contributed by atoms with Gasteiger partial charge >= 0.3 is 67.1 Å². The van der Waals surface area contributed by atoms with Crippen molar-refractivity contribution in [2.75, 3.05) is 0 Å². The average Bonchev–Trinajstić information content (AvgIpc) is 1.95. The molecule has 0 amide bonds. The first-order valence-corrected chi connectivity index (χ1v) is 3.61. The third-order valence-corrected chi connectivity index (χ3v) is 1.95. The van der Waals surface area contributed by atoms with E-state index in [1.165, 1.54) is 5.46 Å². The summed E-state index contributed by atoms with van der Waals surface area (Å²) in [7, 11) is 0. The van der Waals surface area contributed by atoms with Crippen LogP contribution < -0.4 is 0 Å². The molecular weight excluding hydrogens is 139 g/mol. The molecule has 0 atom stereocenters. The number of thiol groups is 1. The van der Waals surface area contributed by atoms with Crippen molar-refractivity contribution >= 4 is 25.6 Å². The van der Waals surface area contributed by atoms with E-state index < -0.39 is 0 Å². The summed E-state index contributed by atoms with van der Waals surface area (Å²) in [4.78, 5) is 1.03. The Labute approximate surface area is 67.6 Å². The second-order valence-electron chi connectivity index (χ2n) is 2.25. The summed E-state index contributed by atoms with van der Waals surface area (Å²) in [6, 6.07) is 2.01. The van der Waals surface area contributed by atoms with Crippen molar-refractivity contribution in [1.29, 1.82) is 0 Å². The Morgan fingerprint density at radius 3 is 2.90 bits per heavy atom. The predicted octanol–water partition coefficient (Wildman–Crippen LogP) is 2.26. The monoisotopic (exact) mass is 148 g/mol. The summed E-state index contributed by atoms with van der Waals surface area (Å²) in [5.41, 5.74) is 2.32. The van der Waals surface area contributed by atoms with E-state index in [1.54, 1.807) is 0 Å². The molecule has 0 saturated heterocycles. The Kier molecular flexibility index (Phi) is 2.33. The van der Waals surface area contributed by atoms with Gasteiger partial charge in [0.25, 0.3) is 0 Å². The van der Waals surface area contributed by atoms with Gasteiger partial charge in [0.05, 0.1) is 0 Å². The van der Waals surface area contributed by atoms with Crippen LogP contribution in [0.25, 0.3) is 6.08 Å². The van der Waals surface area contributed by atoms with Crippen molar-refractivity contribution in [3.8, 4) is 0 Å². The first-order valence-electron chi connectivity index (χ1n) is 3.16. The van der Waals surface area contributed by atoms with Crippen molar-refractivity contribution in [2.24, 2.45) is 0 Å². The summed E-state index contributed by atoms with van der Waals surface area (Å²) < 4.78 is 0. The Morgan fingerprint density at radius 1 is 1.70 bits per heavy atom. The summed E-state index contributed by atoms with van der Waals surface area (Å²) in [5.74, 6) is 2.03. The summed E-state index contributed by atoms with van der Waals surface area (Å²) in [5, 5.41) is 0. The van der Waals surface area contributed by atoms with Crippen molar-refractivity contribution < 1.29 is 0 Å². The first kappa shape index (κ1) is 7.61. The Hall–Kier alpha value is -0.495. The molecule has 0 aliphatic carbocycles. The third-order valence-electron chi connectivity index (χ3n) is 1.47. The second kappa shape index (κ2) is 3.06. The molecule has 0 fully saturated rings. The first-order chi connectivity index (χ1) is 4.74.